The number of fused-ring (bicyclic) bond motifs is 1. The van der Waals surface area contributed by atoms with Crippen molar-refractivity contribution < 1.29 is 0 Å². The number of halogens is 1. The SMILES string of the molecule is CC(C)(C)c1nn(-c2ccccc2)c2[nH]c(=O)c(CNCc3ccc(Cl)cc3)cc12. The van der Waals surface area contributed by atoms with Gasteiger partial charge < -0.3 is 10.3 Å². The zero-order valence-corrected chi connectivity index (χ0v) is 18.1. The van der Waals surface area contributed by atoms with Gasteiger partial charge in [-0.15, -0.1) is 0 Å². The van der Waals surface area contributed by atoms with E-state index in [1.807, 2.05) is 65.3 Å². The molecule has 0 aliphatic rings. The van der Waals surface area contributed by atoms with Gasteiger partial charge in [-0.25, -0.2) is 4.68 Å². The summed E-state index contributed by atoms with van der Waals surface area (Å²) in [4.78, 5) is 15.9. The third kappa shape index (κ3) is 4.18. The van der Waals surface area contributed by atoms with Gasteiger partial charge in [-0.2, -0.15) is 5.10 Å². The summed E-state index contributed by atoms with van der Waals surface area (Å²) in [6.07, 6.45) is 0. The lowest BCUT2D eigenvalue weighted by molar-refractivity contribution is 0.565. The van der Waals surface area contributed by atoms with E-state index in [0.29, 0.717) is 23.7 Å². The molecule has 0 radical (unpaired) electrons. The number of benzene rings is 2. The van der Waals surface area contributed by atoms with Crippen LogP contribution in [0.2, 0.25) is 5.02 Å². The second-order valence-electron chi connectivity index (χ2n) is 8.46. The van der Waals surface area contributed by atoms with Gasteiger partial charge in [0.25, 0.3) is 5.56 Å². The summed E-state index contributed by atoms with van der Waals surface area (Å²) in [6.45, 7) is 7.52. The molecule has 4 aromatic rings. The zero-order chi connectivity index (χ0) is 21.3. The first-order valence-corrected chi connectivity index (χ1v) is 10.4. The fourth-order valence-electron chi connectivity index (χ4n) is 3.50. The number of hydrogen-bond acceptors (Lipinski definition) is 3. The number of nitrogens with zero attached hydrogens (tertiary/aromatic N) is 2. The summed E-state index contributed by atoms with van der Waals surface area (Å²) >= 11 is 5.94. The number of hydrogen-bond donors (Lipinski definition) is 2. The van der Waals surface area contributed by atoms with Gasteiger partial charge >= 0.3 is 0 Å². The summed E-state index contributed by atoms with van der Waals surface area (Å²) in [7, 11) is 0. The minimum absolute atomic E-state index is 0.108. The van der Waals surface area contributed by atoms with Crippen molar-refractivity contribution in [1.29, 1.82) is 0 Å². The molecular weight excluding hydrogens is 396 g/mol. The Labute approximate surface area is 180 Å². The summed E-state index contributed by atoms with van der Waals surface area (Å²) in [5.74, 6) is 0. The lowest BCUT2D eigenvalue weighted by Gasteiger charge is -2.15. The third-order valence-electron chi connectivity index (χ3n) is 5.03. The van der Waals surface area contributed by atoms with Gasteiger partial charge in [0.2, 0.25) is 0 Å². The van der Waals surface area contributed by atoms with E-state index in [1.165, 1.54) is 0 Å². The van der Waals surface area contributed by atoms with E-state index in [0.717, 1.165) is 28.0 Å². The maximum atomic E-state index is 12.8. The van der Waals surface area contributed by atoms with Crippen molar-refractivity contribution in [3.63, 3.8) is 0 Å². The van der Waals surface area contributed by atoms with E-state index < -0.39 is 0 Å². The lowest BCUT2D eigenvalue weighted by atomic mass is 9.90. The molecule has 0 bridgehead atoms. The van der Waals surface area contributed by atoms with Gasteiger partial charge in [0, 0.05) is 34.5 Å². The van der Waals surface area contributed by atoms with Crippen molar-refractivity contribution in [2.45, 2.75) is 39.3 Å². The normalized spacial score (nSPS) is 11.9. The van der Waals surface area contributed by atoms with Crippen molar-refractivity contribution in [3.05, 3.63) is 92.9 Å². The van der Waals surface area contributed by atoms with Crippen LogP contribution in [0.3, 0.4) is 0 Å². The van der Waals surface area contributed by atoms with Gasteiger partial charge in [-0.3, -0.25) is 4.79 Å². The van der Waals surface area contributed by atoms with Crippen LogP contribution in [0.25, 0.3) is 16.7 Å². The number of aromatic nitrogens is 3. The highest BCUT2D eigenvalue weighted by Gasteiger charge is 2.24. The number of aromatic amines is 1. The maximum absolute atomic E-state index is 12.8. The van der Waals surface area contributed by atoms with Gasteiger partial charge in [0.1, 0.15) is 5.65 Å². The van der Waals surface area contributed by atoms with Gasteiger partial charge in [-0.05, 0) is 35.9 Å². The Balaban J connectivity index is 1.69. The first-order valence-electron chi connectivity index (χ1n) is 9.99. The molecule has 0 fully saturated rings. The quantitative estimate of drug-likeness (QED) is 0.480. The number of nitrogens with one attached hydrogen (secondary N) is 2. The first-order chi connectivity index (χ1) is 14.3. The molecule has 5 nitrogen and oxygen atoms in total. The molecular formula is C24H25ClN4O. The van der Waals surface area contributed by atoms with Crippen molar-refractivity contribution >= 4 is 22.6 Å². The molecule has 0 saturated carbocycles. The molecule has 0 amide bonds. The van der Waals surface area contributed by atoms with Gasteiger partial charge in [0.15, 0.2) is 0 Å². The summed E-state index contributed by atoms with van der Waals surface area (Å²) in [6, 6.07) is 19.5. The Morgan fingerprint density at radius 1 is 1.03 bits per heavy atom. The van der Waals surface area contributed by atoms with Crippen LogP contribution in [0, 0.1) is 0 Å². The molecule has 4 rings (SSSR count). The molecule has 0 saturated heterocycles. The first kappa shape index (κ1) is 20.4. The molecule has 0 unspecified atom stereocenters. The smallest absolute Gasteiger partial charge is 0.254 e. The Morgan fingerprint density at radius 2 is 1.73 bits per heavy atom. The van der Waals surface area contributed by atoms with Crippen molar-refractivity contribution in [2.75, 3.05) is 0 Å². The fourth-order valence-corrected chi connectivity index (χ4v) is 3.63. The van der Waals surface area contributed by atoms with Crippen LogP contribution >= 0.6 is 11.6 Å². The zero-order valence-electron chi connectivity index (χ0n) is 17.4. The summed E-state index contributed by atoms with van der Waals surface area (Å²) < 4.78 is 1.82. The molecule has 0 aliphatic carbocycles. The second kappa shape index (κ2) is 8.09. The van der Waals surface area contributed by atoms with Crippen LogP contribution in [0.4, 0.5) is 0 Å². The number of para-hydroxylation sites is 1. The Morgan fingerprint density at radius 3 is 2.40 bits per heavy atom. The topological polar surface area (TPSA) is 62.7 Å². The van der Waals surface area contributed by atoms with Crippen LogP contribution in [0.5, 0.6) is 0 Å². The predicted octanol–water partition coefficient (Wildman–Crippen LogP) is 4.95. The highest BCUT2D eigenvalue weighted by atomic mass is 35.5. The molecule has 2 heterocycles. The monoisotopic (exact) mass is 420 g/mol. The molecule has 154 valence electrons. The summed E-state index contributed by atoms with van der Waals surface area (Å²) in [5.41, 5.74) is 4.13. The Kier molecular flexibility index (Phi) is 5.50. The van der Waals surface area contributed by atoms with Crippen LogP contribution < -0.4 is 10.9 Å². The Hall–Kier alpha value is -2.89. The standard InChI is InChI=1S/C24H25ClN4O/c1-24(2,3)21-20-13-17(15-26-14-16-9-11-18(25)12-10-16)23(30)27-22(20)29(28-21)19-7-5-4-6-8-19/h4-13,26H,14-15H2,1-3H3,(H,27,30). The number of pyridine rings is 1. The largest absolute Gasteiger partial charge is 0.308 e. The molecule has 0 spiro atoms. The van der Waals surface area contributed by atoms with Crippen molar-refractivity contribution in [2.24, 2.45) is 0 Å². The van der Waals surface area contributed by atoms with Crippen molar-refractivity contribution in [3.8, 4) is 5.69 Å². The van der Waals surface area contributed by atoms with E-state index in [2.05, 4.69) is 31.1 Å². The molecule has 2 N–H and O–H groups in total. The molecule has 2 aromatic heterocycles. The number of H-pyrrole nitrogens is 1. The molecule has 0 atom stereocenters. The van der Waals surface area contributed by atoms with E-state index in [9.17, 15) is 4.79 Å². The highest BCUT2D eigenvalue weighted by molar-refractivity contribution is 6.30. The Bertz CT molecular complexity index is 1220. The fraction of sp³-hybridized carbons (Fsp3) is 0.250. The summed E-state index contributed by atoms with van der Waals surface area (Å²) in [5, 5.41) is 9.89. The van der Waals surface area contributed by atoms with Crippen LogP contribution in [0.1, 0.15) is 37.6 Å². The highest BCUT2D eigenvalue weighted by Crippen LogP contribution is 2.29. The number of rotatable bonds is 5. The average Bonchev–Trinajstić information content (AvgIpc) is 3.09. The maximum Gasteiger partial charge on any atom is 0.254 e. The molecule has 6 heteroatoms. The van der Waals surface area contributed by atoms with Crippen molar-refractivity contribution in [1.82, 2.24) is 20.1 Å². The minimum atomic E-state index is -0.162. The lowest BCUT2D eigenvalue weighted by Crippen LogP contribution is -2.21. The molecule has 0 aliphatic heterocycles. The second-order valence-corrected chi connectivity index (χ2v) is 8.90. The molecule has 2 aromatic carbocycles. The van der Waals surface area contributed by atoms with E-state index in [4.69, 9.17) is 16.7 Å². The van der Waals surface area contributed by atoms with Gasteiger partial charge in [-0.1, -0.05) is 62.7 Å². The predicted molar refractivity (Wildman–Crippen MR) is 122 cm³/mol. The van der Waals surface area contributed by atoms with E-state index in [-0.39, 0.29) is 11.0 Å². The third-order valence-corrected chi connectivity index (χ3v) is 5.29. The van der Waals surface area contributed by atoms with Gasteiger partial charge in [0.05, 0.1) is 11.4 Å². The van der Waals surface area contributed by atoms with Crippen LogP contribution in [0.15, 0.2) is 65.5 Å². The van der Waals surface area contributed by atoms with E-state index >= 15 is 0 Å². The minimum Gasteiger partial charge on any atom is -0.308 e. The molecule has 30 heavy (non-hydrogen) atoms. The van der Waals surface area contributed by atoms with Crippen LogP contribution in [-0.2, 0) is 18.5 Å². The average molecular weight is 421 g/mol. The van der Waals surface area contributed by atoms with Crippen LogP contribution in [-0.4, -0.2) is 14.8 Å². The van der Waals surface area contributed by atoms with E-state index in [1.54, 1.807) is 0 Å².